The number of nitro benzene ring substituents is 1. The van der Waals surface area contributed by atoms with Gasteiger partial charge >= 0.3 is 0 Å². The predicted octanol–water partition coefficient (Wildman–Crippen LogP) is 5.25. The molecule has 4 rings (SSSR count). The molecule has 10 nitrogen and oxygen atoms in total. The predicted molar refractivity (Wildman–Crippen MR) is 139 cm³/mol. The van der Waals surface area contributed by atoms with Crippen molar-refractivity contribution in [1.82, 2.24) is 0 Å². The first-order valence-electron chi connectivity index (χ1n) is 10.7. The van der Waals surface area contributed by atoms with Gasteiger partial charge in [0.1, 0.15) is 16.5 Å². The zero-order valence-electron chi connectivity index (χ0n) is 19.4. The van der Waals surface area contributed by atoms with Crippen LogP contribution in [0, 0.1) is 17.0 Å². The Morgan fingerprint density at radius 2 is 1.68 bits per heavy atom. The highest BCUT2D eigenvalue weighted by molar-refractivity contribution is 6.53. The van der Waals surface area contributed by atoms with Crippen LogP contribution in [0.15, 0.2) is 71.4 Å². The lowest BCUT2D eigenvalue weighted by atomic mass is 10.1. The van der Waals surface area contributed by atoms with Gasteiger partial charge in [0.25, 0.3) is 23.4 Å². The quantitative estimate of drug-likeness (QED) is 0.237. The molecule has 0 atom stereocenters. The minimum atomic E-state index is -0.708. The molecule has 0 unspecified atom stereocenters. The van der Waals surface area contributed by atoms with Crippen LogP contribution in [0.3, 0.4) is 0 Å². The fourth-order valence-electron chi connectivity index (χ4n) is 3.57. The summed E-state index contributed by atoms with van der Waals surface area (Å²) in [5.41, 5.74) is 1.21. The Hall–Kier alpha value is -4.41. The molecule has 3 aromatic rings. The number of benzene rings is 3. The number of nitrogens with zero attached hydrogens (tertiary/aromatic N) is 2. The molecule has 37 heavy (non-hydrogen) atoms. The summed E-state index contributed by atoms with van der Waals surface area (Å²) in [6, 6.07) is 14.6. The van der Waals surface area contributed by atoms with Crippen LogP contribution in [0.4, 0.5) is 22.7 Å². The van der Waals surface area contributed by atoms with Crippen LogP contribution in [-0.4, -0.2) is 29.8 Å². The van der Waals surface area contributed by atoms with Crippen LogP contribution in [0.25, 0.3) is 0 Å². The highest BCUT2D eigenvalue weighted by Gasteiger charge is 2.39. The summed E-state index contributed by atoms with van der Waals surface area (Å²) in [5.74, 6) is -1.73. The molecule has 0 fully saturated rings. The van der Waals surface area contributed by atoms with E-state index in [-0.39, 0.29) is 33.4 Å². The molecule has 1 heterocycles. The third-order valence-electron chi connectivity index (χ3n) is 5.51. The van der Waals surface area contributed by atoms with Crippen LogP contribution in [0.5, 0.6) is 5.75 Å². The molecule has 0 spiro atoms. The number of anilines is 3. The van der Waals surface area contributed by atoms with E-state index in [1.807, 2.05) is 0 Å². The number of nitro groups is 1. The Labute approximate surface area is 220 Å². The zero-order chi connectivity index (χ0) is 26.9. The Morgan fingerprint density at radius 3 is 2.32 bits per heavy atom. The van der Waals surface area contributed by atoms with Gasteiger partial charge in [-0.3, -0.25) is 24.5 Å². The Kier molecular flexibility index (Phi) is 7.14. The van der Waals surface area contributed by atoms with Gasteiger partial charge in [-0.25, -0.2) is 4.90 Å². The monoisotopic (exact) mass is 540 g/mol. The molecular formula is C25H18Cl2N4O6. The lowest BCUT2D eigenvalue weighted by Gasteiger charge is -2.16. The number of amides is 3. The van der Waals surface area contributed by atoms with Crippen molar-refractivity contribution in [2.75, 3.05) is 22.6 Å². The second-order valence-corrected chi connectivity index (χ2v) is 8.68. The van der Waals surface area contributed by atoms with Crippen molar-refractivity contribution in [3.63, 3.8) is 0 Å². The van der Waals surface area contributed by atoms with Crippen LogP contribution in [-0.2, 0) is 9.59 Å². The first-order valence-corrected chi connectivity index (χ1v) is 11.4. The average Bonchev–Trinajstić information content (AvgIpc) is 3.08. The van der Waals surface area contributed by atoms with Crippen LogP contribution >= 0.6 is 23.2 Å². The number of non-ortho nitro benzene ring substituents is 1. The van der Waals surface area contributed by atoms with Gasteiger partial charge in [-0.1, -0.05) is 29.3 Å². The van der Waals surface area contributed by atoms with E-state index in [1.165, 1.54) is 49.6 Å². The van der Waals surface area contributed by atoms with E-state index in [1.54, 1.807) is 25.1 Å². The van der Waals surface area contributed by atoms with Crippen molar-refractivity contribution in [3.05, 3.63) is 97.7 Å². The summed E-state index contributed by atoms with van der Waals surface area (Å²) in [7, 11) is 1.37. The third-order valence-corrected chi connectivity index (χ3v) is 6.12. The van der Waals surface area contributed by atoms with E-state index in [2.05, 4.69) is 10.6 Å². The maximum atomic E-state index is 13.1. The number of halogens is 2. The lowest BCUT2D eigenvalue weighted by Crippen LogP contribution is -2.32. The van der Waals surface area contributed by atoms with E-state index >= 15 is 0 Å². The van der Waals surface area contributed by atoms with E-state index < -0.39 is 22.6 Å². The van der Waals surface area contributed by atoms with Gasteiger partial charge in [0, 0.05) is 28.4 Å². The molecule has 0 aromatic heterocycles. The Bertz CT molecular complexity index is 1490. The number of aryl methyl sites for hydroxylation is 1. The fourth-order valence-corrected chi connectivity index (χ4v) is 3.91. The van der Waals surface area contributed by atoms with Crippen molar-refractivity contribution in [2.24, 2.45) is 0 Å². The number of rotatable bonds is 7. The van der Waals surface area contributed by atoms with Crippen molar-refractivity contribution >= 4 is 63.7 Å². The topological polar surface area (TPSA) is 131 Å². The molecule has 3 aromatic carbocycles. The molecule has 188 valence electrons. The van der Waals surface area contributed by atoms with E-state index in [4.69, 9.17) is 27.9 Å². The van der Waals surface area contributed by atoms with Gasteiger partial charge < -0.3 is 15.4 Å². The minimum absolute atomic E-state index is 0.109. The highest BCUT2D eigenvalue weighted by atomic mass is 35.5. The van der Waals surface area contributed by atoms with Gasteiger partial charge in [0.2, 0.25) is 0 Å². The van der Waals surface area contributed by atoms with Gasteiger partial charge in [0.15, 0.2) is 0 Å². The Morgan fingerprint density at radius 1 is 0.973 bits per heavy atom. The first kappa shape index (κ1) is 25.7. The first-order chi connectivity index (χ1) is 17.6. The second-order valence-electron chi connectivity index (χ2n) is 7.86. The zero-order valence-corrected chi connectivity index (χ0v) is 20.9. The van der Waals surface area contributed by atoms with Gasteiger partial charge in [-0.15, -0.1) is 0 Å². The number of hydrogen-bond acceptors (Lipinski definition) is 7. The molecule has 0 radical (unpaired) electrons. The average molecular weight is 541 g/mol. The third kappa shape index (κ3) is 5.11. The molecule has 0 aliphatic carbocycles. The number of carbonyl (C=O) groups excluding carboxylic acids is 3. The number of carbonyl (C=O) groups is 3. The molecule has 0 saturated carbocycles. The SMILES string of the molecule is COc1ccc([N+](=O)[O-])cc1NC(=O)c1ccc(C)c(NC2=C(Cl)C(=O)N(c3ccc(Cl)cc3)C2=O)c1. The molecule has 0 saturated heterocycles. The minimum Gasteiger partial charge on any atom is -0.495 e. The summed E-state index contributed by atoms with van der Waals surface area (Å²) in [6.45, 7) is 1.74. The molecule has 0 bridgehead atoms. The van der Waals surface area contributed by atoms with E-state index in [0.29, 0.717) is 22.0 Å². The molecule has 2 N–H and O–H groups in total. The number of hydrogen-bond donors (Lipinski definition) is 2. The molecule has 1 aliphatic heterocycles. The fraction of sp³-hybridized carbons (Fsp3) is 0.0800. The normalized spacial score (nSPS) is 13.1. The van der Waals surface area contributed by atoms with Gasteiger partial charge in [-0.2, -0.15) is 0 Å². The number of methoxy groups -OCH3 is 1. The molecule has 3 amide bonds. The maximum absolute atomic E-state index is 13.1. The summed E-state index contributed by atoms with van der Waals surface area (Å²) in [5, 5.41) is 16.7. The summed E-state index contributed by atoms with van der Waals surface area (Å²) in [4.78, 5) is 50.2. The highest BCUT2D eigenvalue weighted by Crippen LogP contribution is 2.33. The molecule has 1 aliphatic rings. The standard InChI is InChI=1S/C25H18Cl2N4O6/c1-13-3-4-14(23(32)29-19-12-17(31(35)36)9-10-20(19)37-2)11-18(13)28-22-21(27)24(33)30(25(22)34)16-7-5-15(26)6-8-16/h3-12,28H,1-2H3,(H,29,32). The van der Waals surface area contributed by atoms with Crippen molar-refractivity contribution < 1.29 is 24.0 Å². The number of nitrogens with one attached hydrogen (secondary N) is 2. The smallest absolute Gasteiger partial charge is 0.283 e. The number of ether oxygens (including phenoxy) is 1. The van der Waals surface area contributed by atoms with Gasteiger partial charge in [-0.05, 0) is 55.0 Å². The molecular weight excluding hydrogens is 523 g/mol. The summed E-state index contributed by atoms with van der Waals surface area (Å²) < 4.78 is 5.18. The van der Waals surface area contributed by atoms with Crippen LogP contribution < -0.4 is 20.3 Å². The van der Waals surface area contributed by atoms with Crippen molar-refractivity contribution in [1.29, 1.82) is 0 Å². The summed E-state index contributed by atoms with van der Waals surface area (Å²) in [6.07, 6.45) is 0. The Balaban J connectivity index is 1.60. The summed E-state index contributed by atoms with van der Waals surface area (Å²) >= 11 is 12.1. The van der Waals surface area contributed by atoms with Crippen LogP contribution in [0.2, 0.25) is 5.02 Å². The van der Waals surface area contributed by atoms with E-state index in [0.717, 1.165) is 4.90 Å². The largest absolute Gasteiger partial charge is 0.495 e. The lowest BCUT2D eigenvalue weighted by molar-refractivity contribution is -0.384. The number of imide groups is 1. The van der Waals surface area contributed by atoms with Crippen LogP contribution in [0.1, 0.15) is 15.9 Å². The second kappa shape index (κ2) is 10.3. The molecule has 12 heteroatoms. The van der Waals surface area contributed by atoms with E-state index in [9.17, 15) is 24.5 Å². The van der Waals surface area contributed by atoms with Crippen molar-refractivity contribution in [2.45, 2.75) is 6.92 Å². The van der Waals surface area contributed by atoms with Gasteiger partial charge in [0.05, 0.1) is 23.4 Å². The maximum Gasteiger partial charge on any atom is 0.283 e. The van der Waals surface area contributed by atoms with Crippen molar-refractivity contribution in [3.8, 4) is 5.75 Å².